The maximum absolute atomic E-state index is 6.13. The van der Waals surface area contributed by atoms with Gasteiger partial charge in [0, 0.05) is 0 Å². The molecule has 0 bridgehead atoms. The van der Waals surface area contributed by atoms with Crippen molar-refractivity contribution in [1.29, 1.82) is 0 Å². The van der Waals surface area contributed by atoms with Crippen LogP contribution in [0.15, 0.2) is 0 Å². The Kier molecular flexibility index (Phi) is 2.35. The fourth-order valence-corrected chi connectivity index (χ4v) is 1.75. The lowest BCUT2D eigenvalue weighted by atomic mass is 9.44. The van der Waals surface area contributed by atoms with Crippen LogP contribution in [0.1, 0.15) is 48.5 Å². The molecule has 1 aliphatic rings. The molecule has 1 saturated heterocycles. The third kappa shape index (κ3) is 1.93. The molecular weight excluding hydrogens is 159 g/mol. The molecule has 0 aliphatic carbocycles. The zero-order valence-corrected chi connectivity index (χ0v) is 10.2. The Bertz CT molecular complexity index is 185. The highest BCUT2D eigenvalue weighted by Crippen LogP contribution is 2.50. The van der Waals surface area contributed by atoms with E-state index < -0.39 is 0 Å². The second-order valence-corrected chi connectivity index (χ2v) is 6.57. The van der Waals surface area contributed by atoms with Gasteiger partial charge in [-0.15, -0.1) is 0 Å². The van der Waals surface area contributed by atoms with E-state index in [4.69, 9.17) is 4.65 Å². The van der Waals surface area contributed by atoms with Crippen LogP contribution >= 0.6 is 0 Å². The molecule has 76 valence electrons. The van der Waals surface area contributed by atoms with Crippen LogP contribution in [0.3, 0.4) is 0 Å². The molecule has 0 unspecified atom stereocenters. The Balaban J connectivity index is 2.83. The van der Waals surface area contributed by atoms with E-state index in [1.807, 2.05) is 0 Å². The van der Waals surface area contributed by atoms with E-state index in [-0.39, 0.29) is 10.9 Å². The number of hydrogen-bond donors (Lipinski definition) is 0. The minimum atomic E-state index is 0.0188. The minimum Gasteiger partial charge on any atom is -0.430 e. The summed E-state index contributed by atoms with van der Waals surface area (Å²) in [4.78, 5) is 0. The van der Waals surface area contributed by atoms with E-state index in [0.717, 1.165) is 0 Å². The molecule has 0 radical (unpaired) electrons. The van der Waals surface area contributed by atoms with Crippen LogP contribution in [0.5, 0.6) is 0 Å². The first-order chi connectivity index (χ1) is 5.56. The smallest absolute Gasteiger partial charge is 0.299 e. The molecule has 0 spiro atoms. The van der Waals surface area contributed by atoms with Gasteiger partial charge in [0.15, 0.2) is 0 Å². The monoisotopic (exact) mass is 182 g/mol. The van der Waals surface area contributed by atoms with Gasteiger partial charge in [0.1, 0.15) is 0 Å². The van der Waals surface area contributed by atoms with E-state index in [1.165, 1.54) is 6.32 Å². The lowest BCUT2D eigenvalue weighted by Gasteiger charge is -2.34. The quantitative estimate of drug-likeness (QED) is 0.520. The van der Waals surface area contributed by atoms with Gasteiger partial charge in [0.25, 0.3) is 6.92 Å². The Morgan fingerprint density at radius 3 is 1.69 bits per heavy atom. The molecule has 0 N–H and O–H groups in total. The fourth-order valence-electron chi connectivity index (χ4n) is 1.75. The predicted molar refractivity (Wildman–Crippen MR) is 59.2 cm³/mol. The highest BCUT2D eigenvalue weighted by Gasteiger charge is 2.52. The first-order valence-corrected chi connectivity index (χ1v) is 5.24. The molecule has 2 heteroatoms. The molecule has 0 aromatic carbocycles. The van der Waals surface area contributed by atoms with Gasteiger partial charge < -0.3 is 4.65 Å². The summed E-state index contributed by atoms with van der Waals surface area (Å²) in [6.45, 7) is 16.2. The Morgan fingerprint density at radius 2 is 1.54 bits per heavy atom. The molecule has 0 amide bonds. The first kappa shape index (κ1) is 11.1. The van der Waals surface area contributed by atoms with E-state index in [0.29, 0.717) is 12.3 Å². The van der Waals surface area contributed by atoms with Crippen molar-refractivity contribution in [1.82, 2.24) is 0 Å². The van der Waals surface area contributed by atoms with Crippen molar-refractivity contribution in [2.24, 2.45) is 5.41 Å². The molecule has 0 aromatic rings. The summed E-state index contributed by atoms with van der Waals surface area (Å²) >= 11 is 0. The average molecular weight is 182 g/mol. The largest absolute Gasteiger partial charge is 0.430 e. The van der Waals surface area contributed by atoms with Gasteiger partial charge in [0.2, 0.25) is 0 Å². The molecular formula is C11H23BO. The zero-order chi connectivity index (χ0) is 10.5. The summed E-state index contributed by atoms with van der Waals surface area (Å²) in [5, 5.41) is 0.269. The topological polar surface area (TPSA) is 9.23 Å². The number of rotatable bonds is 0. The van der Waals surface area contributed by atoms with Crippen molar-refractivity contribution >= 4 is 6.92 Å². The van der Waals surface area contributed by atoms with Gasteiger partial charge in [-0.1, -0.05) is 34.6 Å². The Hall–Kier alpha value is 0.0249. The number of hydrogen-bond acceptors (Lipinski definition) is 1. The first-order valence-electron chi connectivity index (χ1n) is 5.24. The summed E-state index contributed by atoms with van der Waals surface area (Å²) in [5.41, 5.74) is 0.315. The predicted octanol–water partition coefficient (Wildman–Crippen LogP) is 3.61. The molecule has 1 nitrogen and oxygen atoms in total. The van der Waals surface area contributed by atoms with Gasteiger partial charge in [-0.05, 0) is 30.9 Å². The summed E-state index contributed by atoms with van der Waals surface area (Å²) < 4.78 is 6.13. The molecule has 0 aromatic heterocycles. The second-order valence-electron chi connectivity index (χ2n) is 6.57. The lowest BCUT2D eigenvalue weighted by molar-refractivity contribution is 0.0341. The normalized spacial score (nSPS) is 26.5. The van der Waals surface area contributed by atoms with Crippen molar-refractivity contribution in [2.45, 2.75) is 65.7 Å². The zero-order valence-electron chi connectivity index (χ0n) is 10.2. The maximum Gasteiger partial charge on any atom is 0.299 e. The lowest BCUT2D eigenvalue weighted by Crippen LogP contribution is -2.35. The maximum atomic E-state index is 6.13. The van der Waals surface area contributed by atoms with E-state index >= 15 is 0 Å². The van der Waals surface area contributed by atoms with Crippen molar-refractivity contribution in [3.8, 4) is 0 Å². The second kappa shape index (κ2) is 2.76. The van der Waals surface area contributed by atoms with E-state index in [1.54, 1.807) is 0 Å². The highest BCUT2D eigenvalue weighted by atomic mass is 16.5. The molecule has 13 heavy (non-hydrogen) atoms. The van der Waals surface area contributed by atoms with Crippen molar-refractivity contribution in [3.05, 3.63) is 0 Å². The summed E-state index contributed by atoms with van der Waals surface area (Å²) in [5.74, 6) is 0. The van der Waals surface area contributed by atoms with Crippen molar-refractivity contribution < 1.29 is 4.65 Å². The van der Waals surface area contributed by atoms with Crippen LogP contribution in [0.4, 0.5) is 0 Å². The summed E-state index contributed by atoms with van der Waals surface area (Å²) in [7, 11) is 0. The average Bonchev–Trinajstić information content (AvgIpc) is 2.00. The van der Waals surface area contributed by atoms with Crippen LogP contribution < -0.4 is 0 Å². The molecule has 0 saturated carbocycles. The molecule has 1 rings (SSSR count). The van der Waals surface area contributed by atoms with Crippen molar-refractivity contribution in [3.63, 3.8) is 0 Å². The van der Waals surface area contributed by atoms with E-state index in [9.17, 15) is 0 Å². The van der Waals surface area contributed by atoms with Gasteiger partial charge in [-0.2, -0.15) is 0 Å². The van der Waals surface area contributed by atoms with Gasteiger partial charge in [-0.3, -0.25) is 0 Å². The molecule has 1 heterocycles. The van der Waals surface area contributed by atoms with Gasteiger partial charge >= 0.3 is 0 Å². The van der Waals surface area contributed by atoms with Gasteiger partial charge in [0.05, 0.1) is 5.60 Å². The Labute approximate surface area is 83.4 Å². The van der Waals surface area contributed by atoms with Crippen LogP contribution in [0, 0.1) is 5.41 Å². The van der Waals surface area contributed by atoms with E-state index in [2.05, 4.69) is 48.5 Å². The van der Waals surface area contributed by atoms with Gasteiger partial charge in [-0.25, -0.2) is 0 Å². The molecule has 1 fully saturated rings. The van der Waals surface area contributed by atoms with Crippen LogP contribution in [0.25, 0.3) is 0 Å². The summed E-state index contributed by atoms with van der Waals surface area (Å²) in [6, 6.07) is 0. The standard InChI is InChI=1S/C11H23BO/c1-9(2,3)12-8-10(4,5)11(6,7)13-12/h8H2,1-7H3. The third-order valence-corrected chi connectivity index (χ3v) is 3.73. The minimum absolute atomic E-state index is 0.0188. The van der Waals surface area contributed by atoms with Crippen LogP contribution in [0.2, 0.25) is 11.6 Å². The van der Waals surface area contributed by atoms with Crippen molar-refractivity contribution in [2.75, 3.05) is 0 Å². The van der Waals surface area contributed by atoms with Crippen LogP contribution in [-0.2, 0) is 4.65 Å². The Morgan fingerprint density at radius 1 is 1.08 bits per heavy atom. The fraction of sp³-hybridized carbons (Fsp3) is 1.00. The SMILES string of the molecule is CC(C)(C)B1CC(C)(C)C(C)(C)O1. The highest BCUT2D eigenvalue weighted by molar-refractivity contribution is 6.56. The third-order valence-electron chi connectivity index (χ3n) is 3.73. The molecule has 0 atom stereocenters. The molecule has 1 aliphatic heterocycles. The summed E-state index contributed by atoms with van der Waals surface area (Å²) in [6.07, 6.45) is 1.17. The van der Waals surface area contributed by atoms with Crippen LogP contribution in [-0.4, -0.2) is 12.5 Å².